The van der Waals surface area contributed by atoms with Crippen molar-refractivity contribution in [3.63, 3.8) is 0 Å². The summed E-state index contributed by atoms with van der Waals surface area (Å²) in [5.74, 6) is -0.646. The number of hydrogen-bond acceptors (Lipinski definition) is 4. The van der Waals surface area contributed by atoms with Gasteiger partial charge in [-0.25, -0.2) is 8.42 Å². The lowest BCUT2D eigenvalue weighted by Crippen LogP contribution is -2.18. The molecule has 15 heavy (non-hydrogen) atoms. The minimum atomic E-state index is -3.24. The second-order valence-corrected chi connectivity index (χ2v) is 7.07. The van der Waals surface area contributed by atoms with E-state index in [0.29, 0.717) is 15.8 Å². The lowest BCUT2D eigenvalue weighted by atomic mass is 10.3. The van der Waals surface area contributed by atoms with Crippen molar-refractivity contribution in [2.75, 3.05) is 11.5 Å². The normalized spacial score (nSPS) is 11.6. The molecule has 0 aliphatic heterocycles. The standard InChI is InChI=1S/C9H11BrO3S2/c1-2-5-15(12,13)6-8(11)9-7(10)3-4-14-9/h3-4H,2,5-6H2,1H3. The summed E-state index contributed by atoms with van der Waals surface area (Å²) >= 11 is 4.46. The second kappa shape index (κ2) is 5.23. The first kappa shape index (κ1) is 12.9. The number of halogens is 1. The summed E-state index contributed by atoms with van der Waals surface area (Å²) < 4.78 is 23.5. The van der Waals surface area contributed by atoms with E-state index in [2.05, 4.69) is 15.9 Å². The Morgan fingerprint density at radius 2 is 2.20 bits per heavy atom. The average molecular weight is 311 g/mol. The molecule has 1 aromatic rings. The van der Waals surface area contributed by atoms with Crippen molar-refractivity contribution in [1.82, 2.24) is 0 Å². The molecule has 0 atom stereocenters. The molecule has 6 heteroatoms. The van der Waals surface area contributed by atoms with Crippen molar-refractivity contribution in [2.45, 2.75) is 13.3 Å². The molecule has 1 aromatic heterocycles. The molecule has 84 valence electrons. The van der Waals surface area contributed by atoms with Gasteiger partial charge in [-0.1, -0.05) is 6.92 Å². The smallest absolute Gasteiger partial charge is 0.188 e. The van der Waals surface area contributed by atoms with Crippen LogP contribution in [0.2, 0.25) is 0 Å². The molecule has 0 saturated heterocycles. The highest BCUT2D eigenvalue weighted by atomic mass is 79.9. The van der Waals surface area contributed by atoms with Crippen molar-refractivity contribution in [2.24, 2.45) is 0 Å². The van der Waals surface area contributed by atoms with E-state index in [1.807, 2.05) is 0 Å². The fraction of sp³-hybridized carbons (Fsp3) is 0.444. The number of carbonyl (C=O) groups is 1. The van der Waals surface area contributed by atoms with Crippen LogP contribution in [0.5, 0.6) is 0 Å². The molecule has 0 radical (unpaired) electrons. The lowest BCUT2D eigenvalue weighted by molar-refractivity contribution is 0.102. The zero-order valence-electron chi connectivity index (χ0n) is 8.20. The Kier molecular flexibility index (Phi) is 4.48. The summed E-state index contributed by atoms with van der Waals surface area (Å²) in [5.41, 5.74) is 0. The number of rotatable bonds is 5. The van der Waals surface area contributed by atoms with Crippen LogP contribution in [0.1, 0.15) is 23.0 Å². The Balaban J connectivity index is 2.77. The molecule has 0 amide bonds. The van der Waals surface area contributed by atoms with Gasteiger partial charge >= 0.3 is 0 Å². The van der Waals surface area contributed by atoms with Gasteiger partial charge < -0.3 is 0 Å². The van der Waals surface area contributed by atoms with E-state index in [4.69, 9.17) is 0 Å². The zero-order valence-corrected chi connectivity index (χ0v) is 11.4. The van der Waals surface area contributed by atoms with Gasteiger partial charge in [-0.05, 0) is 33.8 Å². The molecule has 0 fully saturated rings. The van der Waals surface area contributed by atoms with E-state index in [-0.39, 0.29) is 17.3 Å². The number of sulfone groups is 1. The van der Waals surface area contributed by atoms with Crippen LogP contribution in [0, 0.1) is 0 Å². The second-order valence-electron chi connectivity index (χ2n) is 3.11. The van der Waals surface area contributed by atoms with E-state index < -0.39 is 9.84 Å². The molecule has 0 aliphatic rings. The van der Waals surface area contributed by atoms with Gasteiger partial charge in [0.15, 0.2) is 15.6 Å². The average Bonchev–Trinajstić information content (AvgIpc) is 2.50. The van der Waals surface area contributed by atoms with Crippen molar-refractivity contribution < 1.29 is 13.2 Å². The predicted molar refractivity (Wildman–Crippen MR) is 65.3 cm³/mol. The molecular formula is C9H11BrO3S2. The maximum absolute atomic E-state index is 11.6. The van der Waals surface area contributed by atoms with Crippen LogP contribution in [0.25, 0.3) is 0 Å². The Labute approximate surface area is 102 Å². The largest absolute Gasteiger partial charge is 0.292 e. The topological polar surface area (TPSA) is 51.2 Å². The van der Waals surface area contributed by atoms with E-state index in [9.17, 15) is 13.2 Å². The van der Waals surface area contributed by atoms with Crippen molar-refractivity contribution in [3.8, 4) is 0 Å². The molecular weight excluding hydrogens is 300 g/mol. The first-order chi connectivity index (χ1) is 6.96. The van der Waals surface area contributed by atoms with Gasteiger partial charge in [-0.3, -0.25) is 4.79 Å². The van der Waals surface area contributed by atoms with E-state index in [0.717, 1.165) is 0 Å². The van der Waals surface area contributed by atoms with Crippen LogP contribution in [0.3, 0.4) is 0 Å². The van der Waals surface area contributed by atoms with Gasteiger partial charge in [0, 0.05) is 4.47 Å². The van der Waals surface area contributed by atoms with Crippen LogP contribution in [-0.4, -0.2) is 25.7 Å². The number of Topliss-reactive ketones (excluding diaryl/α,β-unsaturated/α-hetero) is 1. The zero-order chi connectivity index (χ0) is 11.5. The molecule has 0 N–H and O–H groups in total. The molecule has 0 bridgehead atoms. The molecule has 0 saturated carbocycles. The minimum absolute atomic E-state index is 0.0712. The van der Waals surface area contributed by atoms with Crippen LogP contribution in [0.4, 0.5) is 0 Å². The first-order valence-corrected chi connectivity index (χ1v) is 7.92. The van der Waals surface area contributed by atoms with Gasteiger partial charge in [0.2, 0.25) is 0 Å². The summed E-state index contributed by atoms with van der Waals surface area (Å²) in [6.07, 6.45) is 0.543. The van der Waals surface area contributed by atoms with Gasteiger partial charge in [-0.15, -0.1) is 11.3 Å². The number of ketones is 1. The minimum Gasteiger partial charge on any atom is -0.292 e. The fourth-order valence-corrected chi connectivity index (χ4v) is 4.08. The first-order valence-electron chi connectivity index (χ1n) is 4.43. The third kappa shape index (κ3) is 3.70. The Morgan fingerprint density at radius 1 is 1.53 bits per heavy atom. The van der Waals surface area contributed by atoms with Crippen LogP contribution >= 0.6 is 27.3 Å². The predicted octanol–water partition coefficient (Wildman–Crippen LogP) is 2.52. The molecule has 0 spiro atoms. The van der Waals surface area contributed by atoms with Crippen molar-refractivity contribution >= 4 is 42.9 Å². The highest BCUT2D eigenvalue weighted by Gasteiger charge is 2.19. The van der Waals surface area contributed by atoms with Gasteiger partial charge in [0.1, 0.15) is 5.75 Å². The molecule has 0 aliphatic carbocycles. The molecule has 0 unspecified atom stereocenters. The quantitative estimate of drug-likeness (QED) is 0.785. The van der Waals surface area contributed by atoms with E-state index >= 15 is 0 Å². The number of carbonyl (C=O) groups excluding carboxylic acids is 1. The summed E-state index contributed by atoms with van der Waals surface area (Å²) in [5, 5.41) is 1.75. The Hall–Kier alpha value is -0.200. The van der Waals surface area contributed by atoms with Crippen LogP contribution in [0.15, 0.2) is 15.9 Å². The van der Waals surface area contributed by atoms with Gasteiger partial charge in [-0.2, -0.15) is 0 Å². The Morgan fingerprint density at radius 3 is 2.67 bits per heavy atom. The highest BCUT2D eigenvalue weighted by Crippen LogP contribution is 2.23. The van der Waals surface area contributed by atoms with Crippen LogP contribution in [-0.2, 0) is 9.84 Å². The summed E-state index contributed by atoms with van der Waals surface area (Å²) in [7, 11) is -3.24. The molecule has 3 nitrogen and oxygen atoms in total. The SMILES string of the molecule is CCCS(=O)(=O)CC(=O)c1sccc1Br. The number of thiophene rings is 1. The monoisotopic (exact) mass is 310 g/mol. The van der Waals surface area contributed by atoms with E-state index in [1.54, 1.807) is 18.4 Å². The maximum Gasteiger partial charge on any atom is 0.188 e. The third-order valence-corrected chi connectivity index (χ3v) is 5.35. The maximum atomic E-state index is 11.6. The third-order valence-electron chi connectivity index (χ3n) is 1.74. The summed E-state index contributed by atoms with van der Waals surface area (Å²) in [4.78, 5) is 12.1. The van der Waals surface area contributed by atoms with E-state index in [1.165, 1.54) is 11.3 Å². The molecule has 1 rings (SSSR count). The summed E-state index contributed by atoms with van der Waals surface area (Å²) in [6, 6.07) is 1.74. The summed E-state index contributed by atoms with van der Waals surface area (Å²) in [6.45, 7) is 1.78. The van der Waals surface area contributed by atoms with Gasteiger partial charge in [0.25, 0.3) is 0 Å². The molecule has 0 aromatic carbocycles. The van der Waals surface area contributed by atoms with Crippen molar-refractivity contribution in [1.29, 1.82) is 0 Å². The lowest BCUT2D eigenvalue weighted by Gasteiger charge is -2.00. The van der Waals surface area contributed by atoms with Crippen LogP contribution < -0.4 is 0 Å². The molecule has 1 heterocycles. The van der Waals surface area contributed by atoms with Gasteiger partial charge in [0.05, 0.1) is 10.6 Å². The number of hydrogen-bond donors (Lipinski definition) is 0. The highest BCUT2D eigenvalue weighted by molar-refractivity contribution is 9.10. The Bertz CT molecular complexity index is 448. The van der Waals surface area contributed by atoms with Crippen molar-refractivity contribution in [3.05, 3.63) is 20.8 Å². The fourth-order valence-electron chi connectivity index (χ4n) is 1.14.